The van der Waals surface area contributed by atoms with Gasteiger partial charge in [-0.25, -0.2) is 8.42 Å². The molecule has 0 atom stereocenters. The standard InChI is InChI=1S/C20H23ClN2O4S/c21-17-4-2-16(3-5-17)15-22-8-1-9-23(11-10-22)28(24,25)18-6-7-19-20(14-18)27-13-12-26-19/h2-7,14H,1,8-13,15H2. The molecule has 0 bridgehead atoms. The van der Waals surface area contributed by atoms with Crippen molar-refractivity contribution in [2.45, 2.75) is 17.9 Å². The lowest BCUT2D eigenvalue weighted by Gasteiger charge is -2.23. The molecular weight excluding hydrogens is 400 g/mol. The van der Waals surface area contributed by atoms with Crippen LogP contribution < -0.4 is 9.47 Å². The molecule has 2 aliphatic heterocycles. The number of hydrogen-bond donors (Lipinski definition) is 0. The van der Waals surface area contributed by atoms with E-state index in [0.29, 0.717) is 44.3 Å². The predicted octanol–water partition coefficient (Wildman–Crippen LogP) is 3.01. The summed E-state index contributed by atoms with van der Waals surface area (Å²) in [4.78, 5) is 2.53. The van der Waals surface area contributed by atoms with Gasteiger partial charge in [-0.05, 0) is 42.8 Å². The minimum Gasteiger partial charge on any atom is -0.486 e. The van der Waals surface area contributed by atoms with Crippen molar-refractivity contribution in [1.82, 2.24) is 9.21 Å². The third-order valence-corrected chi connectivity index (χ3v) is 7.16. The molecule has 8 heteroatoms. The van der Waals surface area contributed by atoms with Crippen LogP contribution in [0.1, 0.15) is 12.0 Å². The topological polar surface area (TPSA) is 59.1 Å². The highest BCUT2D eigenvalue weighted by molar-refractivity contribution is 7.89. The average Bonchev–Trinajstić information content (AvgIpc) is 2.95. The number of sulfonamides is 1. The zero-order valence-electron chi connectivity index (χ0n) is 15.5. The van der Waals surface area contributed by atoms with E-state index in [9.17, 15) is 8.42 Å². The molecule has 2 aromatic carbocycles. The third kappa shape index (κ3) is 4.27. The van der Waals surface area contributed by atoms with E-state index in [4.69, 9.17) is 21.1 Å². The molecule has 0 spiro atoms. The molecule has 0 aromatic heterocycles. The monoisotopic (exact) mass is 422 g/mol. The van der Waals surface area contributed by atoms with Crippen LogP contribution in [0.4, 0.5) is 0 Å². The number of rotatable bonds is 4. The Bertz CT molecular complexity index is 934. The first-order valence-corrected chi connectivity index (χ1v) is 11.2. The van der Waals surface area contributed by atoms with Gasteiger partial charge in [0, 0.05) is 37.3 Å². The van der Waals surface area contributed by atoms with Gasteiger partial charge in [-0.1, -0.05) is 23.7 Å². The van der Waals surface area contributed by atoms with Crippen molar-refractivity contribution in [2.75, 3.05) is 39.4 Å². The minimum absolute atomic E-state index is 0.253. The molecule has 2 heterocycles. The second-order valence-electron chi connectivity index (χ2n) is 6.97. The summed E-state index contributed by atoms with van der Waals surface area (Å²) < 4.78 is 38.8. The van der Waals surface area contributed by atoms with Gasteiger partial charge in [-0.2, -0.15) is 4.31 Å². The molecule has 0 N–H and O–H groups in total. The summed E-state index contributed by atoms with van der Waals surface area (Å²) in [6, 6.07) is 12.6. The first-order chi connectivity index (χ1) is 13.5. The number of ether oxygens (including phenoxy) is 2. The van der Waals surface area contributed by atoms with Crippen LogP contribution >= 0.6 is 11.6 Å². The van der Waals surface area contributed by atoms with Gasteiger partial charge in [-0.3, -0.25) is 4.90 Å². The van der Waals surface area contributed by atoms with E-state index < -0.39 is 10.0 Å². The van der Waals surface area contributed by atoms with Crippen LogP contribution in [-0.2, 0) is 16.6 Å². The van der Waals surface area contributed by atoms with E-state index in [1.807, 2.05) is 24.3 Å². The second-order valence-corrected chi connectivity index (χ2v) is 9.34. The highest BCUT2D eigenvalue weighted by Crippen LogP contribution is 2.33. The molecule has 0 amide bonds. The number of hydrogen-bond acceptors (Lipinski definition) is 5. The lowest BCUT2D eigenvalue weighted by molar-refractivity contribution is 0.171. The van der Waals surface area contributed by atoms with Crippen LogP contribution in [0.15, 0.2) is 47.4 Å². The zero-order chi connectivity index (χ0) is 19.6. The lowest BCUT2D eigenvalue weighted by atomic mass is 10.2. The van der Waals surface area contributed by atoms with Crippen molar-refractivity contribution in [3.05, 3.63) is 53.1 Å². The number of nitrogens with zero attached hydrogens (tertiary/aromatic N) is 2. The van der Waals surface area contributed by atoms with Crippen molar-refractivity contribution in [1.29, 1.82) is 0 Å². The number of halogens is 1. The number of benzene rings is 2. The molecule has 0 saturated carbocycles. The summed E-state index contributed by atoms with van der Waals surface area (Å²) in [6.07, 6.45) is 0.789. The van der Waals surface area contributed by atoms with Crippen molar-refractivity contribution in [2.24, 2.45) is 0 Å². The summed E-state index contributed by atoms with van der Waals surface area (Å²) in [7, 11) is -3.57. The van der Waals surface area contributed by atoms with E-state index in [1.165, 1.54) is 5.56 Å². The Kier molecular flexibility index (Phi) is 5.78. The molecule has 150 valence electrons. The molecule has 28 heavy (non-hydrogen) atoms. The third-order valence-electron chi connectivity index (χ3n) is 5.02. The molecule has 0 aliphatic carbocycles. The fourth-order valence-corrected chi connectivity index (χ4v) is 5.14. The van der Waals surface area contributed by atoms with E-state index in [1.54, 1.807) is 22.5 Å². The summed E-state index contributed by atoms with van der Waals surface area (Å²) >= 11 is 5.95. The Morgan fingerprint density at radius 1 is 0.893 bits per heavy atom. The summed E-state index contributed by atoms with van der Waals surface area (Å²) in [6.45, 7) is 4.21. The fourth-order valence-electron chi connectivity index (χ4n) is 3.53. The van der Waals surface area contributed by atoms with E-state index in [2.05, 4.69) is 4.90 Å². The average molecular weight is 423 g/mol. The van der Waals surface area contributed by atoms with Gasteiger partial charge in [0.2, 0.25) is 10.0 Å². The van der Waals surface area contributed by atoms with Gasteiger partial charge in [0.05, 0.1) is 4.90 Å². The van der Waals surface area contributed by atoms with Crippen LogP contribution in [-0.4, -0.2) is 57.0 Å². The highest BCUT2D eigenvalue weighted by Gasteiger charge is 2.28. The van der Waals surface area contributed by atoms with E-state index >= 15 is 0 Å². The van der Waals surface area contributed by atoms with Gasteiger partial charge in [-0.15, -0.1) is 0 Å². The van der Waals surface area contributed by atoms with Crippen molar-refractivity contribution in [3.8, 4) is 11.5 Å². The quantitative estimate of drug-likeness (QED) is 0.758. The van der Waals surface area contributed by atoms with Crippen molar-refractivity contribution < 1.29 is 17.9 Å². The van der Waals surface area contributed by atoms with Crippen LogP contribution in [0, 0.1) is 0 Å². The van der Waals surface area contributed by atoms with Crippen LogP contribution in [0.25, 0.3) is 0 Å². The molecule has 6 nitrogen and oxygen atoms in total. The summed E-state index contributed by atoms with van der Waals surface area (Å²) in [5, 5.41) is 0.719. The lowest BCUT2D eigenvalue weighted by Crippen LogP contribution is -2.35. The van der Waals surface area contributed by atoms with Crippen LogP contribution in [0.3, 0.4) is 0 Å². The minimum atomic E-state index is -3.57. The Labute approximate surface area is 170 Å². The van der Waals surface area contributed by atoms with Crippen LogP contribution in [0.5, 0.6) is 11.5 Å². The van der Waals surface area contributed by atoms with Crippen LogP contribution in [0.2, 0.25) is 5.02 Å². The molecule has 4 rings (SSSR count). The first-order valence-electron chi connectivity index (χ1n) is 9.39. The maximum atomic E-state index is 13.1. The Balaban J connectivity index is 1.45. The largest absolute Gasteiger partial charge is 0.486 e. The number of fused-ring (bicyclic) bond motifs is 1. The van der Waals surface area contributed by atoms with Gasteiger partial charge in [0.25, 0.3) is 0 Å². The Hall–Kier alpha value is -1.80. The predicted molar refractivity (Wildman–Crippen MR) is 108 cm³/mol. The van der Waals surface area contributed by atoms with Gasteiger partial charge < -0.3 is 9.47 Å². The summed E-state index contributed by atoms with van der Waals surface area (Å²) in [5.41, 5.74) is 1.17. The maximum absolute atomic E-state index is 13.1. The van der Waals surface area contributed by atoms with Gasteiger partial charge in [0.1, 0.15) is 13.2 Å². The van der Waals surface area contributed by atoms with E-state index in [-0.39, 0.29) is 4.90 Å². The molecule has 1 fully saturated rings. The first kappa shape index (κ1) is 19.5. The van der Waals surface area contributed by atoms with Gasteiger partial charge >= 0.3 is 0 Å². The Morgan fingerprint density at radius 2 is 1.64 bits per heavy atom. The molecule has 1 saturated heterocycles. The molecule has 0 unspecified atom stereocenters. The van der Waals surface area contributed by atoms with Crippen molar-refractivity contribution >= 4 is 21.6 Å². The smallest absolute Gasteiger partial charge is 0.243 e. The van der Waals surface area contributed by atoms with E-state index in [0.717, 1.165) is 24.5 Å². The zero-order valence-corrected chi connectivity index (χ0v) is 17.1. The van der Waals surface area contributed by atoms with Gasteiger partial charge in [0.15, 0.2) is 11.5 Å². The molecular formula is C20H23ClN2O4S. The second kappa shape index (κ2) is 8.29. The highest BCUT2D eigenvalue weighted by atomic mass is 35.5. The molecule has 2 aromatic rings. The molecule has 0 radical (unpaired) electrons. The molecule has 2 aliphatic rings. The summed E-state index contributed by atoms with van der Waals surface area (Å²) in [5.74, 6) is 1.08. The SMILES string of the molecule is O=S(=O)(c1ccc2c(c1)OCCO2)N1CCCN(Cc2ccc(Cl)cc2)CC1. The fraction of sp³-hybridized carbons (Fsp3) is 0.400. The van der Waals surface area contributed by atoms with Crippen molar-refractivity contribution in [3.63, 3.8) is 0 Å². The Morgan fingerprint density at radius 3 is 2.43 bits per heavy atom. The normalized spacial score (nSPS) is 18.6. The maximum Gasteiger partial charge on any atom is 0.243 e.